The second-order valence-electron chi connectivity index (χ2n) is 13.1. The maximum atomic E-state index is 14.3. The van der Waals surface area contributed by atoms with Gasteiger partial charge < -0.3 is 35.8 Å². The molecule has 2 rings (SSSR count). The molecule has 2 aromatic carbocycles. The maximum Gasteiger partial charge on any atom is 0.408 e. The molecule has 0 aliphatic carbocycles. The predicted molar refractivity (Wildman–Crippen MR) is 172 cm³/mol. The van der Waals surface area contributed by atoms with Crippen molar-refractivity contribution in [2.75, 3.05) is 13.2 Å². The van der Waals surface area contributed by atoms with Gasteiger partial charge in [0.25, 0.3) is 0 Å². The van der Waals surface area contributed by atoms with Gasteiger partial charge in [0.05, 0.1) is 6.61 Å². The molecule has 12 nitrogen and oxygen atoms in total. The van der Waals surface area contributed by atoms with Crippen LogP contribution in [0.25, 0.3) is 0 Å². The number of benzene rings is 2. The van der Waals surface area contributed by atoms with E-state index in [2.05, 4.69) is 10.6 Å². The van der Waals surface area contributed by atoms with Crippen LogP contribution in [0.1, 0.15) is 77.1 Å². The van der Waals surface area contributed by atoms with Gasteiger partial charge in [0.15, 0.2) is 0 Å². The van der Waals surface area contributed by atoms with Crippen LogP contribution in [0.3, 0.4) is 0 Å². The summed E-state index contributed by atoms with van der Waals surface area (Å²) in [6.45, 7) is 11.1. The second-order valence-corrected chi connectivity index (χ2v) is 13.1. The van der Waals surface area contributed by atoms with Crippen molar-refractivity contribution in [2.24, 2.45) is 5.73 Å². The average Bonchev–Trinajstić information content (AvgIpc) is 2.93. The Balaban J connectivity index is 2.58. The Morgan fingerprint density at radius 2 is 1.50 bits per heavy atom. The second kappa shape index (κ2) is 16.7. The first-order valence-corrected chi connectivity index (χ1v) is 15.2. The molecule has 0 spiro atoms. The van der Waals surface area contributed by atoms with Crippen LogP contribution in [0, 0.1) is 6.92 Å². The zero-order chi connectivity index (χ0) is 34.7. The molecule has 0 fully saturated rings. The zero-order valence-corrected chi connectivity index (χ0v) is 27.8. The first-order valence-electron chi connectivity index (χ1n) is 15.2. The molecule has 0 heterocycles. The summed E-state index contributed by atoms with van der Waals surface area (Å²) in [7, 11) is 0. The van der Waals surface area contributed by atoms with Crippen LogP contribution >= 0.6 is 0 Å². The average molecular weight is 641 g/mol. The Morgan fingerprint density at radius 3 is 2.04 bits per heavy atom. The van der Waals surface area contributed by atoms with E-state index in [1.165, 1.54) is 0 Å². The molecular formula is C34H48N4O8. The summed E-state index contributed by atoms with van der Waals surface area (Å²) >= 11 is 0. The number of aliphatic hydroxyl groups is 1. The smallest absolute Gasteiger partial charge is 0.408 e. The van der Waals surface area contributed by atoms with Gasteiger partial charge in [-0.1, -0.05) is 60.2 Å². The number of aliphatic hydroxyl groups excluding tert-OH is 1. The van der Waals surface area contributed by atoms with E-state index in [9.17, 15) is 29.1 Å². The van der Waals surface area contributed by atoms with Crippen molar-refractivity contribution in [2.45, 2.75) is 97.1 Å². The minimum absolute atomic E-state index is 0.109. The summed E-state index contributed by atoms with van der Waals surface area (Å²) in [5, 5.41) is 15.3. The Labute approximate surface area is 271 Å². The summed E-state index contributed by atoms with van der Waals surface area (Å²) in [5.74, 6) is -2.85. The van der Waals surface area contributed by atoms with E-state index in [4.69, 9.17) is 15.2 Å². The SMILES string of the molecule is Cc1cccc(C(C(=O)NC(Cc2ccccc2)C(=O)OC(C)(C)C)N(CCO)C(=O)C(CCC(N)=O)NC(=O)OC(C)(C)C)c1. The van der Waals surface area contributed by atoms with Gasteiger partial charge >= 0.3 is 12.1 Å². The Kier molecular flexibility index (Phi) is 13.7. The van der Waals surface area contributed by atoms with Crippen LogP contribution < -0.4 is 16.4 Å². The lowest BCUT2D eigenvalue weighted by atomic mass is 9.99. The summed E-state index contributed by atoms with van der Waals surface area (Å²) < 4.78 is 11.0. The monoisotopic (exact) mass is 640 g/mol. The van der Waals surface area contributed by atoms with Crippen LogP contribution in [0.15, 0.2) is 54.6 Å². The zero-order valence-electron chi connectivity index (χ0n) is 27.8. The lowest BCUT2D eigenvalue weighted by Gasteiger charge is -2.35. The van der Waals surface area contributed by atoms with Crippen molar-refractivity contribution in [1.82, 2.24) is 15.5 Å². The number of nitrogens with two attached hydrogens (primary N) is 1. The van der Waals surface area contributed by atoms with Crippen LogP contribution in [-0.4, -0.2) is 76.2 Å². The highest BCUT2D eigenvalue weighted by molar-refractivity contribution is 5.94. The lowest BCUT2D eigenvalue weighted by Crippen LogP contribution is -2.55. The van der Waals surface area contributed by atoms with Crippen molar-refractivity contribution in [3.63, 3.8) is 0 Å². The number of primary amides is 1. The first kappa shape index (κ1) is 37.7. The van der Waals surface area contributed by atoms with Crippen molar-refractivity contribution >= 4 is 29.8 Å². The lowest BCUT2D eigenvalue weighted by molar-refractivity contribution is -0.159. The predicted octanol–water partition coefficient (Wildman–Crippen LogP) is 3.09. The van der Waals surface area contributed by atoms with Crippen LogP contribution in [0.4, 0.5) is 4.79 Å². The van der Waals surface area contributed by atoms with Crippen LogP contribution in [0.2, 0.25) is 0 Å². The third-order valence-electron chi connectivity index (χ3n) is 6.50. The van der Waals surface area contributed by atoms with E-state index in [1.807, 2.05) is 43.3 Å². The van der Waals surface area contributed by atoms with Crippen molar-refractivity contribution in [3.8, 4) is 0 Å². The van der Waals surface area contributed by atoms with Gasteiger partial charge in [0.1, 0.15) is 29.3 Å². The summed E-state index contributed by atoms with van der Waals surface area (Å²) in [5.41, 5.74) is 5.59. The number of carbonyl (C=O) groups is 5. The van der Waals surface area contributed by atoms with E-state index in [0.717, 1.165) is 16.0 Å². The number of amides is 4. The molecule has 252 valence electrons. The molecule has 5 N–H and O–H groups in total. The maximum absolute atomic E-state index is 14.3. The fraction of sp³-hybridized carbons (Fsp3) is 0.500. The molecule has 0 bridgehead atoms. The number of nitrogens with zero attached hydrogens (tertiary/aromatic N) is 1. The number of alkyl carbamates (subject to hydrolysis) is 1. The van der Waals surface area contributed by atoms with E-state index in [0.29, 0.717) is 5.56 Å². The van der Waals surface area contributed by atoms with Crippen molar-refractivity contribution in [3.05, 3.63) is 71.3 Å². The molecule has 0 saturated carbocycles. The number of nitrogens with one attached hydrogen (secondary N) is 2. The van der Waals surface area contributed by atoms with Gasteiger partial charge in [-0.3, -0.25) is 14.4 Å². The molecule has 3 unspecified atom stereocenters. The van der Waals surface area contributed by atoms with Crippen LogP contribution in [-0.2, 0) is 35.1 Å². The molecule has 46 heavy (non-hydrogen) atoms. The Hall–Kier alpha value is -4.45. The molecule has 0 aliphatic rings. The largest absolute Gasteiger partial charge is 0.458 e. The van der Waals surface area contributed by atoms with Gasteiger partial charge in [-0.25, -0.2) is 9.59 Å². The quantitative estimate of drug-likeness (QED) is 0.228. The summed E-state index contributed by atoms with van der Waals surface area (Å²) in [6, 6.07) is 12.2. The number of ether oxygens (including phenoxy) is 2. The molecule has 4 amide bonds. The Bertz CT molecular complexity index is 1350. The third kappa shape index (κ3) is 12.9. The van der Waals surface area contributed by atoms with Gasteiger partial charge in [-0.15, -0.1) is 0 Å². The summed E-state index contributed by atoms with van der Waals surface area (Å²) in [6.07, 6.45) is -1.24. The summed E-state index contributed by atoms with van der Waals surface area (Å²) in [4.78, 5) is 67.3. The van der Waals surface area contributed by atoms with Gasteiger partial charge in [-0.2, -0.15) is 0 Å². The minimum atomic E-state index is -1.35. The molecule has 0 radical (unpaired) electrons. The van der Waals surface area contributed by atoms with E-state index < -0.39 is 65.7 Å². The molecule has 2 aromatic rings. The Morgan fingerprint density at radius 1 is 0.870 bits per heavy atom. The topological polar surface area (TPSA) is 177 Å². The standard InChI is InChI=1S/C34H48N4O8/c1-22-12-11-15-24(20-22)28(29(41)36-26(31(43)45-33(2,3)4)21-23-13-9-8-10-14-23)38(18-19-39)30(42)25(16-17-27(35)40)37-32(44)46-34(5,6)7/h8-15,20,25-26,28,39H,16-19,21H2,1-7H3,(H2,35,40)(H,36,41)(H,37,44). The molecular weight excluding hydrogens is 592 g/mol. The molecule has 12 heteroatoms. The van der Waals surface area contributed by atoms with Crippen LogP contribution in [0.5, 0.6) is 0 Å². The highest BCUT2D eigenvalue weighted by atomic mass is 16.6. The minimum Gasteiger partial charge on any atom is -0.458 e. The van der Waals surface area contributed by atoms with Gasteiger partial charge in [0.2, 0.25) is 17.7 Å². The van der Waals surface area contributed by atoms with E-state index in [1.54, 1.807) is 59.7 Å². The van der Waals surface area contributed by atoms with Gasteiger partial charge in [-0.05, 0) is 66.0 Å². The van der Waals surface area contributed by atoms with E-state index in [-0.39, 0.29) is 25.8 Å². The number of esters is 1. The molecule has 0 saturated heterocycles. The third-order valence-corrected chi connectivity index (χ3v) is 6.50. The highest BCUT2D eigenvalue weighted by Gasteiger charge is 2.38. The fourth-order valence-electron chi connectivity index (χ4n) is 4.65. The molecule has 0 aliphatic heterocycles. The van der Waals surface area contributed by atoms with E-state index >= 15 is 0 Å². The number of aryl methyl sites for hydroxylation is 1. The number of rotatable bonds is 14. The number of hydrogen-bond donors (Lipinski definition) is 4. The van der Waals surface area contributed by atoms with Crippen molar-refractivity contribution < 1.29 is 38.6 Å². The van der Waals surface area contributed by atoms with Gasteiger partial charge in [0, 0.05) is 19.4 Å². The first-order chi connectivity index (χ1) is 21.4. The molecule has 0 aromatic heterocycles. The van der Waals surface area contributed by atoms with Crippen molar-refractivity contribution in [1.29, 1.82) is 0 Å². The number of carbonyl (C=O) groups excluding carboxylic acids is 5. The normalized spacial score (nSPS) is 13.5. The molecule has 3 atom stereocenters. The number of hydrogen-bond acceptors (Lipinski definition) is 8. The fourth-order valence-corrected chi connectivity index (χ4v) is 4.65. The highest BCUT2D eigenvalue weighted by Crippen LogP contribution is 2.25.